The van der Waals surface area contributed by atoms with Gasteiger partial charge in [-0.15, -0.1) is 0 Å². The van der Waals surface area contributed by atoms with Crippen molar-refractivity contribution in [3.8, 4) is 0 Å². The molecule has 0 spiro atoms. The van der Waals surface area contributed by atoms with Gasteiger partial charge >= 0.3 is 0 Å². The molecule has 1 heterocycles. The average Bonchev–Trinajstić information content (AvgIpc) is 2.79. The van der Waals surface area contributed by atoms with Crippen LogP contribution in [0.5, 0.6) is 0 Å². The summed E-state index contributed by atoms with van der Waals surface area (Å²) < 4.78 is 0. The van der Waals surface area contributed by atoms with Crippen molar-refractivity contribution in [3.63, 3.8) is 0 Å². The lowest BCUT2D eigenvalue weighted by atomic mass is 9.96. The minimum Gasteiger partial charge on any atom is -0.325 e. The van der Waals surface area contributed by atoms with E-state index in [1.807, 2.05) is 19.1 Å². The van der Waals surface area contributed by atoms with Crippen molar-refractivity contribution in [2.75, 3.05) is 38.0 Å². The van der Waals surface area contributed by atoms with Crippen molar-refractivity contribution in [2.24, 2.45) is 0 Å². The van der Waals surface area contributed by atoms with Gasteiger partial charge in [-0.05, 0) is 36.6 Å². The fraction of sp³-hybridized carbons (Fsp3) is 0.296. The Morgan fingerprint density at radius 2 is 1.42 bits per heavy atom. The first-order chi connectivity index (χ1) is 15.1. The van der Waals surface area contributed by atoms with E-state index in [9.17, 15) is 4.79 Å². The maximum absolute atomic E-state index is 12.6. The summed E-state index contributed by atoms with van der Waals surface area (Å²) in [5, 5.41) is 3.08. The first kappa shape index (κ1) is 21.3. The molecular weight excluding hydrogens is 382 g/mol. The summed E-state index contributed by atoms with van der Waals surface area (Å²) in [5.74, 6) is 0.0584. The molecule has 3 aromatic carbocycles. The lowest BCUT2D eigenvalue weighted by Crippen LogP contribution is -2.49. The number of anilines is 1. The van der Waals surface area contributed by atoms with Gasteiger partial charge in [0.1, 0.15) is 0 Å². The minimum atomic E-state index is 0.0584. The number of nitrogens with one attached hydrogen (secondary N) is 1. The van der Waals surface area contributed by atoms with Gasteiger partial charge in [0, 0.05) is 31.9 Å². The largest absolute Gasteiger partial charge is 0.325 e. The number of carbonyl (C=O) groups is 1. The Morgan fingerprint density at radius 1 is 0.839 bits per heavy atom. The molecule has 0 bridgehead atoms. The Morgan fingerprint density at radius 3 is 1.97 bits per heavy atom. The number of hydrogen-bond acceptors (Lipinski definition) is 3. The highest BCUT2D eigenvalue weighted by Crippen LogP contribution is 2.29. The van der Waals surface area contributed by atoms with Crippen LogP contribution in [-0.4, -0.2) is 48.4 Å². The van der Waals surface area contributed by atoms with E-state index in [1.165, 1.54) is 16.7 Å². The molecule has 160 valence electrons. The van der Waals surface area contributed by atoms with E-state index in [0.29, 0.717) is 6.54 Å². The molecule has 1 amide bonds. The van der Waals surface area contributed by atoms with Crippen LogP contribution in [0.1, 0.15) is 28.3 Å². The molecule has 0 aromatic heterocycles. The van der Waals surface area contributed by atoms with Crippen LogP contribution in [0.15, 0.2) is 78.9 Å². The summed E-state index contributed by atoms with van der Waals surface area (Å²) in [6, 6.07) is 27.8. The second-order valence-electron chi connectivity index (χ2n) is 8.40. The molecular formula is C27H31N3O. The van der Waals surface area contributed by atoms with Gasteiger partial charge in [0.15, 0.2) is 0 Å². The van der Waals surface area contributed by atoms with Gasteiger partial charge in [0.25, 0.3) is 0 Å². The van der Waals surface area contributed by atoms with Gasteiger partial charge in [-0.25, -0.2) is 0 Å². The number of amides is 1. The summed E-state index contributed by atoms with van der Waals surface area (Å²) in [6.45, 7) is 8.18. The Kier molecular flexibility index (Phi) is 6.80. The fourth-order valence-electron chi connectivity index (χ4n) is 4.41. The van der Waals surface area contributed by atoms with E-state index in [4.69, 9.17) is 0 Å². The number of rotatable bonds is 6. The number of aryl methyl sites for hydroxylation is 2. The number of nitrogens with zero attached hydrogens (tertiary/aromatic N) is 2. The predicted octanol–water partition coefficient (Wildman–Crippen LogP) is 4.65. The maximum Gasteiger partial charge on any atom is 0.238 e. The van der Waals surface area contributed by atoms with Gasteiger partial charge in [-0.2, -0.15) is 0 Å². The van der Waals surface area contributed by atoms with Crippen molar-refractivity contribution in [1.82, 2.24) is 9.80 Å². The molecule has 1 saturated heterocycles. The summed E-state index contributed by atoms with van der Waals surface area (Å²) in [5.41, 5.74) is 5.84. The number of benzene rings is 3. The van der Waals surface area contributed by atoms with E-state index in [2.05, 4.69) is 88.8 Å². The molecule has 1 aliphatic heterocycles. The van der Waals surface area contributed by atoms with Crippen LogP contribution in [0.4, 0.5) is 5.69 Å². The molecule has 0 radical (unpaired) electrons. The third kappa shape index (κ3) is 5.40. The highest BCUT2D eigenvalue weighted by Gasteiger charge is 2.27. The van der Waals surface area contributed by atoms with Crippen LogP contribution in [-0.2, 0) is 4.79 Å². The van der Waals surface area contributed by atoms with Gasteiger partial charge in [0.05, 0.1) is 12.6 Å². The molecule has 1 N–H and O–H groups in total. The lowest BCUT2D eigenvalue weighted by Gasteiger charge is -2.39. The monoisotopic (exact) mass is 413 g/mol. The van der Waals surface area contributed by atoms with Crippen LogP contribution in [0.25, 0.3) is 0 Å². The summed E-state index contributed by atoms with van der Waals surface area (Å²) in [4.78, 5) is 17.4. The molecule has 1 aliphatic rings. The van der Waals surface area contributed by atoms with Gasteiger partial charge in [-0.3, -0.25) is 14.6 Å². The van der Waals surface area contributed by atoms with Crippen molar-refractivity contribution in [2.45, 2.75) is 19.9 Å². The predicted molar refractivity (Wildman–Crippen MR) is 127 cm³/mol. The van der Waals surface area contributed by atoms with Gasteiger partial charge < -0.3 is 5.32 Å². The zero-order valence-corrected chi connectivity index (χ0v) is 18.4. The molecule has 31 heavy (non-hydrogen) atoms. The third-order valence-electron chi connectivity index (χ3n) is 6.03. The normalized spacial score (nSPS) is 15.2. The molecule has 0 aliphatic carbocycles. The quantitative estimate of drug-likeness (QED) is 0.639. The number of carbonyl (C=O) groups excluding carboxylic acids is 1. The van der Waals surface area contributed by atoms with Crippen LogP contribution >= 0.6 is 0 Å². The molecule has 0 saturated carbocycles. The second-order valence-corrected chi connectivity index (χ2v) is 8.40. The topological polar surface area (TPSA) is 35.6 Å². The summed E-state index contributed by atoms with van der Waals surface area (Å²) >= 11 is 0. The Hall–Kier alpha value is -2.95. The zero-order valence-electron chi connectivity index (χ0n) is 18.4. The summed E-state index contributed by atoms with van der Waals surface area (Å²) in [6.07, 6.45) is 0. The Labute approximate surface area is 185 Å². The molecule has 0 atom stereocenters. The molecule has 4 rings (SSSR count). The fourth-order valence-corrected chi connectivity index (χ4v) is 4.41. The van der Waals surface area contributed by atoms with Crippen molar-refractivity contribution in [3.05, 3.63) is 101 Å². The SMILES string of the molecule is Cc1ccc(NC(=O)CN2CCN(C(c3ccccc3)c3ccccc3)CC2)c(C)c1. The van der Waals surface area contributed by atoms with Crippen LogP contribution < -0.4 is 5.32 Å². The molecule has 4 nitrogen and oxygen atoms in total. The van der Waals surface area contributed by atoms with E-state index < -0.39 is 0 Å². The Bertz CT molecular complexity index is 956. The highest BCUT2D eigenvalue weighted by atomic mass is 16.2. The molecule has 3 aromatic rings. The number of piperazine rings is 1. The highest BCUT2D eigenvalue weighted by molar-refractivity contribution is 5.93. The van der Waals surface area contributed by atoms with E-state index in [0.717, 1.165) is 37.4 Å². The van der Waals surface area contributed by atoms with E-state index in [-0.39, 0.29) is 11.9 Å². The van der Waals surface area contributed by atoms with Crippen molar-refractivity contribution < 1.29 is 4.79 Å². The first-order valence-corrected chi connectivity index (χ1v) is 11.0. The van der Waals surface area contributed by atoms with E-state index >= 15 is 0 Å². The average molecular weight is 414 g/mol. The zero-order chi connectivity index (χ0) is 21.6. The van der Waals surface area contributed by atoms with Crippen LogP contribution in [0.3, 0.4) is 0 Å². The van der Waals surface area contributed by atoms with Gasteiger partial charge in [-0.1, -0.05) is 78.4 Å². The molecule has 1 fully saturated rings. The smallest absolute Gasteiger partial charge is 0.238 e. The second kappa shape index (κ2) is 9.90. The number of hydrogen-bond donors (Lipinski definition) is 1. The van der Waals surface area contributed by atoms with E-state index in [1.54, 1.807) is 0 Å². The lowest BCUT2D eigenvalue weighted by molar-refractivity contribution is -0.117. The van der Waals surface area contributed by atoms with Crippen molar-refractivity contribution in [1.29, 1.82) is 0 Å². The molecule has 4 heteroatoms. The van der Waals surface area contributed by atoms with Crippen LogP contribution in [0, 0.1) is 13.8 Å². The minimum absolute atomic E-state index is 0.0584. The van der Waals surface area contributed by atoms with Crippen LogP contribution in [0.2, 0.25) is 0 Å². The summed E-state index contributed by atoms with van der Waals surface area (Å²) in [7, 11) is 0. The van der Waals surface area contributed by atoms with Crippen molar-refractivity contribution >= 4 is 11.6 Å². The Balaban J connectivity index is 1.38. The standard InChI is InChI=1S/C27H31N3O/c1-21-13-14-25(22(2)19-21)28-26(31)20-29-15-17-30(18-16-29)27(23-9-5-3-6-10-23)24-11-7-4-8-12-24/h3-14,19,27H,15-18,20H2,1-2H3,(H,28,31). The third-order valence-corrected chi connectivity index (χ3v) is 6.03. The first-order valence-electron chi connectivity index (χ1n) is 11.0. The van der Waals surface area contributed by atoms with Gasteiger partial charge in [0.2, 0.25) is 5.91 Å². The molecule has 0 unspecified atom stereocenters. The maximum atomic E-state index is 12.6.